The van der Waals surface area contributed by atoms with E-state index in [0.29, 0.717) is 17.9 Å². The Bertz CT molecular complexity index is 683. The van der Waals surface area contributed by atoms with Crippen LogP contribution in [0.3, 0.4) is 0 Å². The van der Waals surface area contributed by atoms with Crippen molar-refractivity contribution < 1.29 is 9.53 Å². The Hall–Kier alpha value is -2.46. The molecule has 0 radical (unpaired) electrons. The predicted molar refractivity (Wildman–Crippen MR) is 102 cm³/mol. The summed E-state index contributed by atoms with van der Waals surface area (Å²) in [6.07, 6.45) is 5.88. The maximum atomic E-state index is 12.9. The molecule has 0 aromatic heterocycles. The largest absolute Gasteiger partial charge is 0.470 e. The predicted octanol–water partition coefficient (Wildman–Crippen LogP) is 4.99. The van der Waals surface area contributed by atoms with Gasteiger partial charge in [0, 0.05) is 5.56 Å². The number of rotatable bonds is 6. The molecular weight excluding hydrogens is 318 g/mol. The van der Waals surface area contributed by atoms with Crippen LogP contribution in [-0.4, -0.2) is 17.7 Å². The molecule has 3 nitrogen and oxygen atoms in total. The molecule has 0 bridgehead atoms. The Morgan fingerprint density at radius 2 is 1.67 bits per heavy atom. The second-order valence-electron chi connectivity index (χ2n) is 5.12. The lowest BCUT2D eigenvalue weighted by molar-refractivity contribution is 0.0996. The molecule has 1 amide bonds. The van der Waals surface area contributed by atoms with E-state index in [1.165, 1.54) is 4.90 Å². The van der Waals surface area contributed by atoms with Gasteiger partial charge in [0.1, 0.15) is 0 Å². The van der Waals surface area contributed by atoms with Gasteiger partial charge >= 0.3 is 0 Å². The molecule has 0 aliphatic carbocycles. The molecule has 0 aliphatic heterocycles. The molecule has 2 aromatic rings. The fourth-order valence-electron chi connectivity index (χ4n) is 2.16. The summed E-state index contributed by atoms with van der Waals surface area (Å²) in [6.45, 7) is 2.53. The zero-order valence-electron chi connectivity index (χ0n) is 13.7. The minimum atomic E-state index is -0.198. The summed E-state index contributed by atoms with van der Waals surface area (Å²) in [6, 6.07) is 18.4. The van der Waals surface area contributed by atoms with Crippen molar-refractivity contribution in [2.24, 2.45) is 0 Å². The van der Waals surface area contributed by atoms with Crippen LogP contribution in [0.25, 0.3) is 0 Å². The van der Waals surface area contributed by atoms with Gasteiger partial charge in [0.25, 0.3) is 11.1 Å². The molecule has 4 heteroatoms. The Morgan fingerprint density at radius 3 is 2.29 bits per heavy atom. The quantitative estimate of drug-likeness (QED) is 0.422. The number of carbonyl (C=O) groups is 1. The van der Waals surface area contributed by atoms with Gasteiger partial charge in [-0.1, -0.05) is 55.5 Å². The monoisotopic (exact) mass is 339 g/mol. The van der Waals surface area contributed by atoms with E-state index in [0.717, 1.165) is 12.8 Å². The first-order chi connectivity index (χ1) is 11.7. The lowest BCUT2D eigenvalue weighted by atomic mass is 10.2. The van der Waals surface area contributed by atoms with Crippen LogP contribution in [0.15, 0.2) is 72.8 Å². The van der Waals surface area contributed by atoms with Crippen LogP contribution in [-0.2, 0) is 4.74 Å². The average molecular weight is 339 g/mol. The number of hydrogen-bond donors (Lipinski definition) is 0. The van der Waals surface area contributed by atoms with E-state index in [1.807, 2.05) is 48.5 Å². The number of para-hydroxylation sites is 1. The van der Waals surface area contributed by atoms with Crippen LogP contribution in [0, 0.1) is 0 Å². The van der Waals surface area contributed by atoms with Gasteiger partial charge in [-0.2, -0.15) is 0 Å². The number of hydrogen-bond acceptors (Lipinski definition) is 3. The van der Waals surface area contributed by atoms with Crippen molar-refractivity contribution in [3.05, 3.63) is 78.4 Å². The first kappa shape index (κ1) is 17.9. The molecule has 0 atom stereocenters. The number of ether oxygens (including phenoxy) is 1. The number of amides is 1. The van der Waals surface area contributed by atoms with Gasteiger partial charge in [0.15, 0.2) is 0 Å². The van der Waals surface area contributed by atoms with Crippen molar-refractivity contribution in [2.75, 3.05) is 11.5 Å². The molecule has 2 aromatic carbocycles. The van der Waals surface area contributed by atoms with E-state index in [-0.39, 0.29) is 11.1 Å². The summed E-state index contributed by atoms with van der Waals surface area (Å²) in [4.78, 5) is 14.3. The van der Waals surface area contributed by atoms with Crippen LogP contribution in [0.4, 0.5) is 5.69 Å². The molecule has 2 rings (SSSR count). The van der Waals surface area contributed by atoms with Gasteiger partial charge in [-0.05, 0) is 49.3 Å². The van der Waals surface area contributed by atoms with Crippen molar-refractivity contribution in [3.8, 4) is 0 Å². The van der Waals surface area contributed by atoms with Crippen molar-refractivity contribution in [1.82, 2.24) is 0 Å². The maximum Gasteiger partial charge on any atom is 0.271 e. The SMILES string of the molecule is CC/C=C\CCOC(=S)N(C(=O)c1ccccc1)c1ccccc1. The third-order valence-corrected chi connectivity index (χ3v) is 3.63. The summed E-state index contributed by atoms with van der Waals surface area (Å²) in [7, 11) is 0. The molecule has 0 heterocycles. The van der Waals surface area contributed by atoms with E-state index < -0.39 is 0 Å². The van der Waals surface area contributed by atoms with E-state index in [1.54, 1.807) is 12.1 Å². The van der Waals surface area contributed by atoms with Gasteiger partial charge < -0.3 is 4.74 Å². The number of thiocarbonyl (C=S) groups is 1. The molecule has 0 N–H and O–H groups in total. The zero-order valence-corrected chi connectivity index (χ0v) is 14.5. The minimum absolute atomic E-state index is 0.167. The lowest BCUT2D eigenvalue weighted by Gasteiger charge is -2.23. The van der Waals surface area contributed by atoms with Crippen LogP contribution >= 0.6 is 12.2 Å². The molecular formula is C20H21NO2S. The fraction of sp³-hybridized carbons (Fsp3) is 0.200. The second kappa shape index (κ2) is 9.63. The molecule has 0 saturated heterocycles. The van der Waals surface area contributed by atoms with E-state index in [4.69, 9.17) is 17.0 Å². The highest BCUT2D eigenvalue weighted by molar-refractivity contribution is 7.80. The Labute approximate surface area is 148 Å². The third kappa shape index (κ3) is 5.03. The highest BCUT2D eigenvalue weighted by Crippen LogP contribution is 2.18. The number of carbonyl (C=O) groups excluding carboxylic acids is 1. The van der Waals surface area contributed by atoms with Crippen LogP contribution in [0.1, 0.15) is 30.1 Å². The van der Waals surface area contributed by atoms with Gasteiger partial charge in [0.2, 0.25) is 0 Å². The van der Waals surface area contributed by atoms with E-state index in [2.05, 4.69) is 19.1 Å². The standard InChI is InChI=1S/C20H21NO2S/c1-2-3-4-11-16-23-20(24)21(18-14-9-6-10-15-18)19(22)17-12-7-5-8-13-17/h3-10,12-15H,2,11,16H2,1H3/b4-3-. The second-order valence-corrected chi connectivity index (χ2v) is 5.47. The third-order valence-electron chi connectivity index (χ3n) is 3.33. The molecule has 24 heavy (non-hydrogen) atoms. The Kier molecular flexibility index (Phi) is 7.18. The van der Waals surface area contributed by atoms with E-state index >= 15 is 0 Å². The molecule has 0 aliphatic rings. The first-order valence-electron chi connectivity index (χ1n) is 8.00. The van der Waals surface area contributed by atoms with Crippen LogP contribution in [0.5, 0.6) is 0 Å². The number of anilines is 1. The van der Waals surface area contributed by atoms with Crippen molar-refractivity contribution in [1.29, 1.82) is 0 Å². The molecule has 0 spiro atoms. The van der Waals surface area contributed by atoms with Crippen LogP contribution in [0.2, 0.25) is 0 Å². The summed E-state index contributed by atoms with van der Waals surface area (Å²) >= 11 is 5.37. The summed E-state index contributed by atoms with van der Waals surface area (Å²) in [5, 5.41) is 0.167. The molecule has 0 saturated carbocycles. The highest BCUT2D eigenvalue weighted by atomic mass is 32.1. The Balaban J connectivity index is 2.16. The average Bonchev–Trinajstić information content (AvgIpc) is 2.63. The summed E-state index contributed by atoms with van der Waals surface area (Å²) < 4.78 is 5.63. The van der Waals surface area contributed by atoms with E-state index in [9.17, 15) is 4.79 Å². The minimum Gasteiger partial charge on any atom is -0.470 e. The van der Waals surface area contributed by atoms with Crippen molar-refractivity contribution in [2.45, 2.75) is 19.8 Å². The van der Waals surface area contributed by atoms with Crippen molar-refractivity contribution >= 4 is 29.0 Å². The Morgan fingerprint density at radius 1 is 1.04 bits per heavy atom. The summed E-state index contributed by atoms with van der Waals surface area (Å²) in [5.41, 5.74) is 1.26. The highest BCUT2D eigenvalue weighted by Gasteiger charge is 2.22. The molecule has 0 fully saturated rings. The van der Waals surface area contributed by atoms with Crippen molar-refractivity contribution in [3.63, 3.8) is 0 Å². The summed E-state index contributed by atoms with van der Waals surface area (Å²) in [5.74, 6) is -0.198. The maximum absolute atomic E-state index is 12.9. The molecule has 0 unspecified atom stereocenters. The topological polar surface area (TPSA) is 29.5 Å². The smallest absolute Gasteiger partial charge is 0.271 e. The fourth-order valence-corrected chi connectivity index (χ4v) is 2.43. The number of allylic oxidation sites excluding steroid dienone is 1. The number of benzene rings is 2. The normalized spacial score (nSPS) is 10.5. The zero-order chi connectivity index (χ0) is 17.2. The number of nitrogens with zero attached hydrogens (tertiary/aromatic N) is 1. The lowest BCUT2D eigenvalue weighted by Crippen LogP contribution is -2.37. The van der Waals surface area contributed by atoms with Gasteiger partial charge in [0.05, 0.1) is 12.3 Å². The molecule has 124 valence electrons. The van der Waals surface area contributed by atoms with Gasteiger partial charge in [-0.25, -0.2) is 4.90 Å². The van der Waals surface area contributed by atoms with Gasteiger partial charge in [-0.15, -0.1) is 0 Å². The van der Waals surface area contributed by atoms with Crippen LogP contribution < -0.4 is 4.90 Å². The first-order valence-corrected chi connectivity index (χ1v) is 8.41. The van der Waals surface area contributed by atoms with Gasteiger partial charge in [-0.3, -0.25) is 4.79 Å².